The normalized spacial score (nSPS) is 11.1. The van der Waals surface area contributed by atoms with Gasteiger partial charge in [-0.05, 0) is 30.7 Å². The number of fused-ring (bicyclic) bond motifs is 2. The molecule has 5 rings (SSSR count). The number of aryl methyl sites for hydroxylation is 1. The van der Waals surface area contributed by atoms with Crippen molar-refractivity contribution < 1.29 is 13.9 Å². The minimum Gasteiger partial charge on any atom is -0.496 e. The first-order chi connectivity index (χ1) is 16.5. The topological polar surface area (TPSA) is 91.4 Å². The molecule has 2 heterocycles. The first kappa shape index (κ1) is 21.5. The fraction of sp³-hybridized carbons (Fsp3) is 0.192. The van der Waals surface area contributed by atoms with Gasteiger partial charge in [-0.3, -0.25) is 4.79 Å². The Labute approximate surface area is 195 Å². The molecule has 1 N–H and O–H groups in total. The summed E-state index contributed by atoms with van der Waals surface area (Å²) in [5.74, 6) is 0.967. The molecule has 0 bridgehead atoms. The number of benzene rings is 3. The highest BCUT2D eigenvalue weighted by Gasteiger charge is 2.15. The van der Waals surface area contributed by atoms with Gasteiger partial charge >= 0.3 is 0 Å². The van der Waals surface area contributed by atoms with Gasteiger partial charge in [-0.1, -0.05) is 35.0 Å². The summed E-state index contributed by atoms with van der Waals surface area (Å²) in [6.07, 6.45) is 1.91. The van der Waals surface area contributed by atoms with Crippen molar-refractivity contribution in [1.29, 1.82) is 0 Å². The van der Waals surface area contributed by atoms with E-state index in [1.54, 1.807) is 31.4 Å². The summed E-state index contributed by atoms with van der Waals surface area (Å²) < 4.78 is 18.5. The number of hydrogen-bond donors (Lipinski definition) is 1. The zero-order valence-corrected chi connectivity index (χ0v) is 19.2. The predicted molar refractivity (Wildman–Crippen MR) is 131 cm³/mol. The van der Waals surface area contributed by atoms with Gasteiger partial charge in [0.15, 0.2) is 0 Å². The van der Waals surface area contributed by atoms with E-state index in [0.717, 1.165) is 16.9 Å². The highest BCUT2D eigenvalue weighted by molar-refractivity contribution is 5.95. The second-order valence-corrected chi connectivity index (χ2v) is 8.09. The van der Waals surface area contributed by atoms with Crippen LogP contribution in [0.5, 0.6) is 11.5 Å². The molecule has 8 heteroatoms. The molecular weight excluding hydrogens is 432 g/mol. The molecule has 0 saturated heterocycles. The van der Waals surface area contributed by atoms with Crippen LogP contribution in [0.15, 0.2) is 70.0 Å². The van der Waals surface area contributed by atoms with E-state index >= 15 is 0 Å². The minimum absolute atomic E-state index is 0.163. The standard InChI is InChI=1S/C26H24N4O4/c1-16-4-6-17(7-5-16)14-30-15-19(28-29-30)13-27-18-8-9-22-21(10-18)26(31)25-23(33-3)11-20(32-2)12-24(25)34-22/h4-12,15,27H,13-14H2,1-3H3. The lowest BCUT2D eigenvalue weighted by atomic mass is 10.1. The van der Waals surface area contributed by atoms with Crippen molar-refractivity contribution >= 4 is 27.6 Å². The number of anilines is 1. The third-order valence-electron chi connectivity index (χ3n) is 5.69. The van der Waals surface area contributed by atoms with Crippen molar-refractivity contribution in [2.45, 2.75) is 20.0 Å². The molecule has 0 radical (unpaired) electrons. The van der Waals surface area contributed by atoms with Gasteiger partial charge in [-0.25, -0.2) is 4.68 Å². The Bertz CT molecular complexity index is 1540. The molecule has 0 aliphatic rings. The maximum atomic E-state index is 13.3. The van der Waals surface area contributed by atoms with Gasteiger partial charge in [0.05, 0.1) is 38.9 Å². The molecule has 2 aromatic heterocycles. The van der Waals surface area contributed by atoms with E-state index in [0.29, 0.717) is 46.5 Å². The van der Waals surface area contributed by atoms with Gasteiger partial charge in [0.1, 0.15) is 33.7 Å². The number of hydrogen-bond acceptors (Lipinski definition) is 7. The summed E-state index contributed by atoms with van der Waals surface area (Å²) in [4.78, 5) is 13.3. The van der Waals surface area contributed by atoms with Crippen LogP contribution >= 0.6 is 0 Å². The van der Waals surface area contributed by atoms with Crippen LogP contribution in [0.2, 0.25) is 0 Å². The van der Waals surface area contributed by atoms with Gasteiger partial charge < -0.3 is 19.2 Å². The molecule has 8 nitrogen and oxygen atoms in total. The molecule has 0 aliphatic carbocycles. The van der Waals surface area contributed by atoms with Crippen LogP contribution in [-0.4, -0.2) is 29.2 Å². The average Bonchev–Trinajstić information content (AvgIpc) is 3.30. The Morgan fingerprint density at radius 3 is 2.59 bits per heavy atom. The fourth-order valence-electron chi connectivity index (χ4n) is 3.88. The van der Waals surface area contributed by atoms with Crippen molar-refractivity contribution in [1.82, 2.24) is 15.0 Å². The third kappa shape index (κ3) is 4.17. The summed E-state index contributed by atoms with van der Waals surface area (Å²) in [7, 11) is 3.07. The highest BCUT2D eigenvalue weighted by Crippen LogP contribution is 2.31. The lowest BCUT2D eigenvalue weighted by Gasteiger charge is -2.10. The smallest absolute Gasteiger partial charge is 0.204 e. The quantitative estimate of drug-likeness (QED) is 0.360. The molecular formula is C26H24N4O4. The number of ether oxygens (including phenoxy) is 2. The van der Waals surface area contributed by atoms with Gasteiger partial charge in [0, 0.05) is 17.8 Å². The molecule has 0 aliphatic heterocycles. The Kier molecular flexibility index (Phi) is 5.63. The van der Waals surface area contributed by atoms with E-state index in [2.05, 4.69) is 46.8 Å². The van der Waals surface area contributed by atoms with Crippen LogP contribution in [-0.2, 0) is 13.1 Å². The molecule has 0 atom stereocenters. The average molecular weight is 457 g/mol. The zero-order valence-electron chi connectivity index (χ0n) is 19.2. The SMILES string of the molecule is COc1cc(OC)c2c(=O)c3cc(NCc4cn(Cc5ccc(C)cc5)nn4)ccc3oc2c1. The number of methoxy groups -OCH3 is 2. The van der Waals surface area contributed by atoms with E-state index in [4.69, 9.17) is 13.9 Å². The molecule has 3 aromatic carbocycles. The predicted octanol–water partition coefficient (Wildman–Crippen LogP) is 4.52. The van der Waals surface area contributed by atoms with Crippen LogP contribution < -0.4 is 20.2 Å². The zero-order chi connectivity index (χ0) is 23.7. The summed E-state index contributed by atoms with van der Waals surface area (Å²) in [6, 6.07) is 17.1. The van der Waals surface area contributed by atoms with Crippen molar-refractivity contribution in [3.8, 4) is 11.5 Å². The van der Waals surface area contributed by atoms with Crippen molar-refractivity contribution in [2.24, 2.45) is 0 Å². The molecule has 0 spiro atoms. The molecule has 0 saturated carbocycles. The van der Waals surface area contributed by atoms with Crippen LogP contribution in [0.1, 0.15) is 16.8 Å². The number of nitrogens with one attached hydrogen (secondary N) is 1. The lowest BCUT2D eigenvalue weighted by Crippen LogP contribution is -2.06. The minimum atomic E-state index is -0.163. The number of aromatic nitrogens is 3. The van der Waals surface area contributed by atoms with Crippen molar-refractivity contribution in [3.63, 3.8) is 0 Å². The van der Waals surface area contributed by atoms with E-state index in [1.807, 2.05) is 16.9 Å². The van der Waals surface area contributed by atoms with Gasteiger partial charge in [-0.2, -0.15) is 0 Å². The van der Waals surface area contributed by atoms with Gasteiger partial charge in [0.25, 0.3) is 0 Å². The monoisotopic (exact) mass is 456 g/mol. The molecule has 0 amide bonds. The summed E-state index contributed by atoms with van der Waals surface area (Å²) >= 11 is 0. The second-order valence-electron chi connectivity index (χ2n) is 8.09. The maximum Gasteiger partial charge on any atom is 0.204 e. The number of nitrogens with zero attached hydrogens (tertiary/aromatic N) is 3. The summed E-state index contributed by atoms with van der Waals surface area (Å²) in [6.45, 7) is 3.19. The highest BCUT2D eigenvalue weighted by atomic mass is 16.5. The number of rotatable bonds is 7. The first-order valence-electron chi connectivity index (χ1n) is 10.8. The first-order valence-corrected chi connectivity index (χ1v) is 10.8. The maximum absolute atomic E-state index is 13.3. The van der Waals surface area contributed by atoms with Crippen LogP contribution in [0.4, 0.5) is 5.69 Å². The van der Waals surface area contributed by atoms with Crippen LogP contribution in [0.25, 0.3) is 21.9 Å². The summed E-state index contributed by atoms with van der Waals surface area (Å²) in [5.41, 5.74) is 4.70. The largest absolute Gasteiger partial charge is 0.496 e. The molecule has 0 unspecified atom stereocenters. The van der Waals surface area contributed by atoms with Crippen molar-refractivity contribution in [3.05, 3.63) is 87.8 Å². The Morgan fingerprint density at radius 2 is 1.82 bits per heavy atom. The third-order valence-corrected chi connectivity index (χ3v) is 5.69. The van der Waals surface area contributed by atoms with E-state index in [9.17, 15) is 4.79 Å². The fourth-order valence-corrected chi connectivity index (χ4v) is 3.88. The molecule has 34 heavy (non-hydrogen) atoms. The Morgan fingerprint density at radius 1 is 1.00 bits per heavy atom. The molecule has 172 valence electrons. The van der Waals surface area contributed by atoms with E-state index in [-0.39, 0.29) is 5.43 Å². The summed E-state index contributed by atoms with van der Waals surface area (Å²) in [5, 5.41) is 12.6. The van der Waals surface area contributed by atoms with Crippen molar-refractivity contribution in [2.75, 3.05) is 19.5 Å². The molecule has 5 aromatic rings. The van der Waals surface area contributed by atoms with Crippen LogP contribution in [0.3, 0.4) is 0 Å². The van der Waals surface area contributed by atoms with Gasteiger partial charge in [0.2, 0.25) is 5.43 Å². The molecule has 0 fully saturated rings. The van der Waals surface area contributed by atoms with E-state index in [1.165, 1.54) is 12.7 Å². The lowest BCUT2D eigenvalue weighted by molar-refractivity contribution is 0.396. The van der Waals surface area contributed by atoms with Gasteiger partial charge in [-0.15, -0.1) is 5.10 Å². The Balaban J connectivity index is 1.38. The van der Waals surface area contributed by atoms with Crippen LogP contribution in [0, 0.1) is 6.92 Å². The van der Waals surface area contributed by atoms with E-state index < -0.39 is 0 Å². The Hall–Kier alpha value is -4.33. The second kappa shape index (κ2) is 8.90.